The van der Waals surface area contributed by atoms with Crippen molar-refractivity contribution in [2.45, 2.75) is 96.4 Å². The van der Waals surface area contributed by atoms with E-state index in [4.69, 9.17) is 0 Å². The highest BCUT2D eigenvalue weighted by Gasteiger charge is 2.25. The van der Waals surface area contributed by atoms with E-state index >= 15 is 0 Å². The minimum atomic E-state index is -0.728. The van der Waals surface area contributed by atoms with Crippen LogP contribution in [-0.4, -0.2) is 11.1 Å². The van der Waals surface area contributed by atoms with Gasteiger partial charge in [0, 0.05) is 18.6 Å². The molecule has 1 unspecified atom stereocenters. The van der Waals surface area contributed by atoms with E-state index in [1.165, 1.54) is 64.2 Å². The molecule has 1 aromatic heterocycles. The van der Waals surface area contributed by atoms with Crippen molar-refractivity contribution in [3.05, 3.63) is 30.6 Å². The first-order chi connectivity index (χ1) is 11.8. The highest BCUT2D eigenvalue weighted by atomic mass is 16.4. The number of carbonyl (C=O) groups is 1. The Balaban J connectivity index is 2.00. The van der Waals surface area contributed by atoms with Crippen molar-refractivity contribution >= 4 is 5.97 Å². The van der Waals surface area contributed by atoms with Gasteiger partial charge in [0.05, 0.1) is 0 Å². The molecule has 1 rings (SSSR count). The van der Waals surface area contributed by atoms with Crippen LogP contribution in [0.5, 0.6) is 0 Å². The molecule has 0 saturated heterocycles. The van der Waals surface area contributed by atoms with E-state index in [-0.39, 0.29) is 0 Å². The number of hydrogen-bond acceptors (Lipinski definition) is 1. The standard InChI is InChI=1S/C21H35NO2/c1-2-3-4-5-6-7-8-9-10-11-12-14-17-20(21(23)24)22-18-15-13-16-19-22/h13,15-16,18-20H,2-12,14,17H2,1H3/p+1. The maximum absolute atomic E-state index is 11.4. The van der Waals surface area contributed by atoms with Crippen LogP contribution in [-0.2, 0) is 4.79 Å². The van der Waals surface area contributed by atoms with Crippen molar-refractivity contribution in [2.75, 3.05) is 0 Å². The number of hydrogen-bond donors (Lipinski definition) is 1. The van der Waals surface area contributed by atoms with Crippen LogP contribution < -0.4 is 4.57 Å². The summed E-state index contributed by atoms with van der Waals surface area (Å²) < 4.78 is 1.81. The monoisotopic (exact) mass is 334 g/mol. The van der Waals surface area contributed by atoms with E-state index in [1.54, 1.807) is 4.57 Å². The van der Waals surface area contributed by atoms with Gasteiger partial charge in [0.25, 0.3) is 6.04 Å². The van der Waals surface area contributed by atoms with Gasteiger partial charge in [-0.2, -0.15) is 4.57 Å². The number of unbranched alkanes of at least 4 members (excludes halogenated alkanes) is 11. The lowest BCUT2D eigenvalue weighted by atomic mass is 10.0. The quantitative estimate of drug-likeness (QED) is 0.330. The van der Waals surface area contributed by atoms with Gasteiger partial charge in [-0.1, -0.05) is 83.6 Å². The first kappa shape index (κ1) is 20.7. The molecule has 1 heterocycles. The summed E-state index contributed by atoms with van der Waals surface area (Å²) in [6.45, 7) is 2.26. The third kappa shape index (κ3) is 9.69. The fourth-order valence-electron chi connectivity index (χ4n) is 3.20. The van der Waals surface area contributed by atoms with Crippen LogP contribution in [0, 0.1) is 0 Å². The molecular formula is C21H36NO2+. The Kier molecular flexibility index (Phi) is 12.1. The number of carboxylic acids is 1. The van der Waals surface area contributed by atoms with Crippen LogP contribution in [0.2, 0.25) is 0 Å². The van der Waals surface area contributed by atoms with Crippen LogP contribution in [0.15, 0.2) is 30.6 Å². The number of nitrogens with zero attached hydrogens (tertiary/aromatic N) is 1. The van der Waals surface area contributed by atoms with Gasteiger partial charge in [0.1, 0.15) is 0 Å². The summed E-state index contributed by atoms with van der Waals surface area (Å²) in [6.07, 6.45) is 20.1. The lowest BCUT2D eigenvalue weighted by Crippen LogP contribution is -2.43. The molecule has 24 heavy (non-hydrogen) atoms. The molecule has 0 aliphatic rings. The normalized spacial score (nSPS) is 12.2. The minimum Gasteiger partial charge on any atom is -0.476 e. The van der Waals surface area contributed by atoms with Gasteiger partial charge in [0.2, 0.25) is 0 Å². The van der Waals surface area contributed by atoms with Gasteiger partial charge in [-0.3, -0.25) is 0 Å². The largest absolute Gasteiger partial charge is 0.476 e. The molecule has 0 aliphatic carbocycles. The van der Waals surface area contributed by atoms with E-state index in [9.17, 15) is 9.90 Å². The predicted octanol–water partition coefficient (Wildman–Crippen LogP) is 5.69. The van der Waals surface area contributed by atoms with Crippen LogP contribution >= 0.6 is 0 Å². The molecule has 0 aliphatic heterocycles. The maximum atomic E-state index is 11.4. The van der Waals surface area contributed by atoms with Crippen LogP contribution in [0.4, 0.5) is 0 Å². The van der Waals surface area contributed by atoms with Crippen molar-refractivity contribution in [3.8, 4) is 0 Å². The molecule has 136 valence electrons. The maximum Gasteiger partial charge on any atom is 0.373 e. The molecule has 0 bridgehead atoms. The van der Waals surface area contributed by atoms with Gasteiger partial charge >= 0.3 is 5.97 Å². The van der Waals surface area contributed by atoms with Crippen molar-refractivity contribution in [3.63, 3.8) is 0 Å². The second-order valence-corrected chi connectivity index (χ2v) is 6.85. The summed E-state index contributed by atoms with van der Waals surface area (Å²) in [6, 6.07) is 5.27. The molecule has 0 spiro atoms. The smallest absolute Gasteiger partial charge is 0.373 e. The van der Waals surface area contributed by atoms with Crippen molar-refractivity contribution in [2.24, 2.45) is 0 Å². The molecule has 1 aromatic rings. The molecule has 0 aromatic carbocycles. The first-order valence-corrected chi connectivity index (χ1v) is 9.94. The topological polar surface area (TPSA) is 41.2 Å². The summed E-state index contributed by atoms with van der Waals surface area (Å²) in [4.78, 5) is 11.4. The van der Waals surface area contributed by atoms with E-state index in [0.717, 1.165) is 19.3 Å². The van der Waals surface area contributed by atoms with Crippen molar-refractivity contribution in [1.82, 2.24) is 0 Å². The third-order valence-corrected chi connectivity index (χ3v) is 4.71. The predicted molar refractivity (Wildman–Crippen MR) is 99.0 cm³/mol. The zero-order valence-corrected chi connectivity index (χ0v) is 15.5. The lowest BCUT2D eigenvalue weighted by Gasteiger charge is -2.07. The van der Waals surface area contributed by atoms with Crippen LogP contribution in [0.1, 0.15) is 96.4 Å². The second kappa shape index (κ2) is 14.0. The van der Waals surface area contributed by atoms with Gasteiger partial charge in [-0.25, -0.2) is 4.79 Å². The average molecular weight is 335 g/mol. The Hall–Kier alpha value is -1.38. The van der Waals surface area contributed by atoms with Crippen LogP contribution in [0.25, 0.3) is 0 Å². The number of carboxylic acid groups (broad SMARTS) is 1. The summed E-state index contributed by atoms with van der Waals surface area (Å²) in [5, 5.41) is 9.38. The fourth-order valence-corrected chi connectivity index (χ4v) is 3.20. The van der Waals surface area contributed by atoms with E-state index in [1.807, 2.05) is 30.6 Å². The van der Waals surface area contributed by atoms with E-state index < -0.39 is 12.0 Å². The van der Waals surface area contributed by atoms with Crippen LogP contribution in [0.3, 0.4) is 0 Å². The SMILES string of the molecule is CCCCCCCCCCCCCCC(C(=O)O)[n+]1ccccc1. The zero-order chi connectivity index (χ0) is 17.5. The van der Waals surface area contributed by atoms with Gasteiger partial charge in [0.15, 0.2) is 12.4 Å². The number of pyridine rings is 1. The van der Waals surface area contributed by atoms with Gasteiger partial charge in [-0.05, 0) is 6.42 Å². The molecule has 1 N–H and O–H groups in total. The molecule has 0 fully saturated rings. The Labute approximate surface area is 148 Å². The molecule has 3 heteroatoms. The highest BCUT2D eigenvalue weighted by molar-refractivity contribution is 5.69. The van der Waals surface area contributed by atoms with Crippen molar-refractivity contribution in [1.29, 1.82) is 0 Å². The molecular weight excluding hydrogens is 298 g/mol. The highest BCUT2D eigenvalue weighted by Crippen LogP contribution is 2.14. The molecule has 3 nitrogen and oxygen atoms in total. The van der Waals surface area contributed by atoms with Gasteiger partial charge < -0.3 is 5.11 Å². The Bertz CT molecular complexity index is 419. The average Bonchev–Trinajstić information content (AvgIpc) is 2.59. The summed E-state index contributed by atoms with van der Waals surface area (Å²) in [7, 11) is 0. The summed E-state index contributed by atoms with van der Waals surface area (Å²) in [5.41, 5.74) is 0. The molecule has 1 atom stereocenters. The summed E-state index contributed by atoms with van der Waals surface area (Å²) in [5.74, 6) is -0.728. The summed E-state index contributed by atoms with van der Waals surface area (Å²) >= 11 is 0. The van der Waals surface area contributed by atoms with Gasteiger partial charge in [-0.15, -0.1) is 0 Å². The Morgan fingerprint density at radius 1 is 0.792 bits per heavy atom. The first-order valence-electron chi connectivity index (χ1n) is 9.94. The Morgan fingerprint density at radius 3 is 1.71 bits per heavy atom. The lowest BCUT2D eigenvalue weighted by molar-refractivity contribution is -0.711. The number of aliphatic carboxylic acids is 1. The van der Waals surface area contributed by atoms with E-state index in [2.05, 4.69) is 6.92 Å². The minimum absolute atomic E-state index is 0.422. The fraction of sp³-hybridized carbons (Fsp3) is 0.714. The molecule has 0 amide bonds. The number of aromatic nitrogens is 1. The molecule has 0 radical (unpaired) electrons. The molecule has 0 saturated carbocycles. The Morgan fingerprint density at radius 2 is 1.25 bits per heavy atom. The number of rotatable bonds is 15. The third-order valence-electron chi connectivity index (χ3n) is 4.71. The van der Waals surface area contributed by atoms with E-state index in [0.29, 0.717) is 0 Å². The van der Waals surface area contributed by atoms with Crippen molar-refractivity contribution < 1.29 is 14.5 Å². The second-order valence-electron chi connectivity index (χ2n) is 6.85. The zero-order valence-electron chi connectivity index (χ0n) is 15.5.